The molecule has 2 N–H and O–H groups in total. The van der Waals surface area contributed by atoms with Crippen molar-refractivity contribution < 1.29 is 24.0 Å². The van der Waals surface area contributed by atoms with E-state index in [1.54, 1.807) is 18.9 Å². The van der Waals surface area contributed by atoms with Gasteiger partial charge in [-0.25, -0.2) is 4.79 Å². The molecular formula is C17H26N3O4+. The Balaban J connectivity index is 1.89. The number of piperazine rings is 1. The predicted octanol–water partition coefficient (Wildman–Crippen LogP) is 0.379. The van der Waals surface area contributed by atoms with Crippen molar-refractivity contribution in [3.8, 4) is 5.75 Å². The van der Waals surface area contributed by atoms with Gasteiger partial charge < -0.3 is 19.7 Å². The SMILES string of the molecule is CCOC(=O)N1CC[NH+]([C@@H](C)C(=O)Nc2ccccc2OC)CC1. The molecule has 0 unspecified atom stereocenters. The number of quaternary nitrogens is 1. The molecule has 0 bridgehead atoms. The monoisotopic (exact) mass is 336 g/mol. The van der Waals surface area contributed by atoms with Crippen LogP contribution in [-0.2, 0) is 9.53 Å². The molecule has 24 heavy (non-hydrogen) atoms. The van der Waals surface area contributed by atoms with Gasteiger partial charge in [0, 0.05) is 0 Å². The molecule has 0 radical (unpaired) electrons. The van der Waals surface area contributed by atoms with E-state index in [-0.39, 0.29) is 18.0 Å². The third-order valence-corrected chi connectivity index (χ3v) is 4.30. The van der Waals surface area contributed by atoms with Gasteiger partial charge in [-0.2, -0.15) is 0 Å². The van der Waals surface area contributed by atoms with Crippen LogP contribution in [0.15, 0.2) is 24.3 Å². The summed E-state index contributed by atoms with van der Waals surface area (Å²) in [6, 6.07) is 7.13. The van der Waals surface area contributed by atoms with E-state index in [0.29, 0.717) is 31.1 Å². The fraction of sp³-hybridized carbons (Fsp3) is 0.529. The van der Waals surface area contributed by atoms with Crippen LogP contribution in [0, 0.1) is 0 Å². The van der Waals surface area contributed by atoms with Crippen LogP contribution in [0.5, 0.6) is 5.75 Å². The summed E-state index contributed by atoms with van der Waals surface area (Å²) in [5.74, 6) is 0.583. The van der Waals surface area contributed by atoms with Crippen LogP contribution in [0.4, 0.5) is 10.5 Å². The van der Waals surface area contributed by atoms with Crippen molar-refractivity contribution in [2.45, 2.75) is 19.9 Å². The topological polar surface area (TPSA) is 72.3 Å². The van der Waals surface area contributed by atoms with Crippen LogP contribution < -0.4 is 15.0 Å². The van der Waals surface area contributed by atoms with E-state index in [0.717, 1.165) is 18.0 Å². The van der Waals surface area contributed by atoms with E-state index >= 15 is 0 Å². The first-order valence-electron chi connectivity index (χ1n) is 8.27. The molecule has 7 heteroatoms. The molecule has 1 aliphatic heterocycles. The van der Waals surface area contributed by atoms with E-state index in [1.165, 1.54) is 0 Å². The van der Waals surface area contributed by atoms with Gasteiger partial charge in [0.05, 0.1) is 45.6 Å². The van der Waals surface area contributed by atoms with Gasteiger partial charge >= 0.3 is 6.09 Å². The number of hydrogen-bond acceptors (Lipinski definition) is 4. The number of anilines is 1. The minimum atomic E-state index is -0.275. The number of hydrogen-bond donors (Lipinski definition) is 2. The summed E-state index contributed by atoms with van der Waals surface area (Å²) in [5.41, 5.74) is 0.668. The van der Waals surface area contributed by atoms with E-state index in [9.17, 15) is 9.59 Å². The third kappa shape index (κ3) is 4.38. The molecule has 0 saturated carbocycles. The normalized spacial score (nSPS) is 16.4. The van der Waals surface area contributed by atoms with Crippen LogP contribution in [0.25, 0.3) is 0 Å². The number of rotatable bonds is 5. The lowest BCUT2D eigenvalue weighted by Gasteiger charge is -2.34. The minimum absolute atomic E-state index is 0.0564. The highest BCUT2D eigenvalue weighted by molar-refractivity contribution is 5.94. The molecule has 1 aliphatic rings. The number of methoxy groups -OCH3 is 1. The first-order valence-corrected chi connectivity index (χ1v) is 8.27. The van der Waals surface area contributed by atoms with Crippen molar-refractivity contribution in [1.29, 1.82) is 0 Å². The molecule has 1 heterocycles. The Morgan fingerprint density at radius 2 is 1.96 bits per heavy atom. The molecule has 0 spiro atoms. The summed E-state index contributed by atoms with van der Waals surface area (Å²) in [6.45, 7) is 6.72. The second kappa shape index (κ2) is 8.54. The molecule has 1 fully saturated rings. The molecule has 7 nitrogen and oxygen atoms in total. The summed E-state index contributed by atoms with van der Waals surface area (Å²) in [4.78, 5) is 27.1. The van der Waals surface area contributed by atoms with Crippen LogP contribution in [0.1, 0.15) is 13.8 Å². The first-order chi connectivity index (χ1) is 11.6. The van der Waals surface area contributed by atoms with Gasteiger partial charge in [-0.1, -0.05) is 12.1 Å². The number of nitrogens with one attached hydrogen (secondary N) is 2. The summed E-state index contributed by atoms with van der Waals surface area (Å²) < 4.78 is 10.3. The van der Waals surface area contributed by atoms with Crippen LogP contribution in [-0.4, -0.2) is 62.8 Å². The maximum Gasteiger partial charge on any atom is 0.410 e. The van der Waals surface area contributed by atoms with Gasteiger partial charge in [-0.05, 0) is 26.0 Å². The number of para-hydroxylation sites is 2. The van der Waals surface area contributed by atoms with Crippen molar-refractivity contribution in [2.75, 3.05) is 45.2 Å². The molecule has 2 rings (SSSR count). The number of ether oxygens (including phenoxy) is 2. The van der Waals surface area contributed by atoms with E-state index < -0.39 is 0 Å². The zero-order chi connectivity index (χ0) is 17.5. The highest BCUT2D eigenvalue weighted by Gasteiger charge is 2.31. The van der Waals surface area contributed by atoms with Crippen molar-refractivity contribution >= 4 is 17.7 Å². The average molecular weight is 336 g/mol. The zero-order valence-electron chi connectivity index (χ0n) is 14.5. The standard InChI is InChI=1S/C17H25N3O4/c1-4-24-17(22)20-11-9-19(10-12-20)13(2)16(21)18-14-7-5-6-8-15(14)23-3/h5-8,13H,4,9-12H2,1-3H3,(H,18,21)/p+1/t13-/m0/s1. The van der Waals surface area contributed by atoms with E-state index in [4.69, 9.17) is 9.47 Å². The molecule has 1 aromatic rings. The molecule has 2 amide bonds. The average Bonchev–Trinajstić information content (AvgIpc) is 2.61. The Hall–Kier alpha value is -2.28. The molecule has 0 aromatic heterocycles. The summed E-state index contributed by atoms with van der Waals surface area (Å²) in [7, 11) is 1.58. The minimum Gasteiger partial charge on any atom is -0.495 e. The fourth-order valence-corrected chi connectivity index (χ4v) is 2.80. The maximum absolute atomic E-state index is 12.5. The van der Waals surface area contributed by atoms with Crippen LogP contribution in [0.3, 0.4) is 0 Å². The molecule has 0 aliphatic carbocycles. The van der Waals surface area contributed by atoms with Crippen molar-refractivity contribution in [1.82, 2.24) is 4.90 Å². The second-order valence-corrected chi connectivity index (χ2v) is 5.76. The van der Waals surface area contributed by atoms with Crippen LogP contribution >= 0.6 is 0 Å². The number of nitrogens with zero attached hydrogens (tertiary/aromatic N) is 1. The van der Waals surface area contributed by atoms with Crippen molar-refractivity contribution in [3.05, 3.63) is 24.3 Å². The third-order valence-electron chi connectivity index (χ3n) is 4.30. The predicted molar refractivity (Wildman–Crippen MR) is 90.4 cm³/mol. The Bertz CT molecular complexity index is 571. The molecule has 132 valence electrons. The number of carbonyl (C=O) groups is 2. The number of benzene rings is 1. The summed E-state index contributed by atoms with van der Waals surface area (Å²) in [6.07, 6.45) is -0.275. The highest BCUT2D eigenvalue weighted by atomic mass is 16.6. The van der Waals surface area contributed by atoms with Crippen LogP contribution in [0.2, 0.25) is 0 Å². The first kappa shape index (κ1) is 18.1. The van der Waals surface area contributed by atoms with Gasteiger partial charge in [0.25, 0.3) is 5.91 Å². The Labute approximate surface area is 142 Å². The van der Waals surface area contributed by atoms with Gasteiger partial charge in [0.15, 0.2) is 6.04 Å². The highest BCUT2D eigenvalue weighted by Crippen LogP contribution is 2.22. The second-order valence-electron chi connectivity index (χ2n) is 5.76. The fourth-order valence-electron chi connectivity index (χ4n) is 2.80. The molecule has 1 saturated heterocycles. The maximum atomic E-state index is 12.5. The van der Waals surface area contributed by atoms with E-state index in [2.05, 4.69) is 5.32 Å². The van der Waals surface area contributed by atoms with E-state index in [1.807, 2.05) is 31.2 Å². The lowest BCUT2D eigenvalue weighted by atomic mass is 10.2. The van der Waals surface area contributed by atoms with Gasteiger partial charge in [0.2, 0.25) is 0 Å². The number of carbonyl (C=O) groups excluding carboxylic acids is 2. The Kier molecular flexibility index (Phi) is 6.43. The summed E-state index contributed by atoms with van der Waals surface area (Å²) >= 11 is 0. The Morgan fingerprint density at radius 1 is 1.29 bits per heavy atom. The van der Waals surface area contributed by atoms with Gasteiger partial charge in [-0.3, -0.25) is 9.69 Å². The molecular weight excluding hydrogens is 310 g/mol. The lowest BCUT2D eigenvalue weighted by molar-refractivity contribution is -0.917. The lowest BCUT2D eigenvalue weighted by Crippen LogP contribution is -3.19. The molecule has 1 aromatic carbocycles. The zero-order valence-corrected chi connectivity index (χ0v) is 14.5. The van der Waals surface area contributed by atoms with Crippen molar-refractivity contribution in [3.63, 3.8) is 0 Å². The largest absolute Gasteiger partial charge is 0.495 e. The smallest absolute Gasteiger partial charge is 0.410 e. The quantitative estimate of drug-likeness (QED) is 0.815. The molecule has 1 atom stereocenters. The Morgan fingerprint density at radius 3 is 2.58 bits per heavy atom. The van der Waals surface area contributed by atoms with Gasteiger partial charge in [0.1, 0.15) is 5.75 Å². The van der Waals surface area contributed by atoms with Crippen molar-refractivity contribution in [2.24, 2.45) is 0 Å². The van der Waals surface area contributed by atoms with Gasteiger partial charge in [-0.15, -0.1) is 0 Å². The summed E-state index contributed by atoms with van der Waals surface area (Å²) in [5, 5.41) is 2.92. The number of amides is 2.